The second-order valence-corrected chi connectivity index (χ2v) is 5.89. The van der Waals surface area contributed by atoms with E-state index in [1.165, 1.54) is 7.11 Å². The number of rotatable bonds is 4. The maximum Gasteiger partial charge on any atom is 0.248 e. The molecule has 0 aromatic carbocycles. The summed E-state index contributed by atoms with van der Waals surface area (Å²) in [4.78, 5) is 15.8. The van der Waals surface area contributed by atoms with E-state index in [9.17, 15) is 4.79 Å². The molecule has 0 saturated carbocycles. The Morgan fingerprint density at radius 3 is 2.33 bits per heavy atom. The lowest BCUT2D eigenvalue weighted by Crippen LogP contribution is -2.50. The van der Waals surface area contributed by atoms with E-state index in [1.54, 1.807) is 4.68 Å². The maximum absolute atomic E-state index is 11.8. The largest absolute Gasteiger partial charge is 0.375 e. The van der Waals surface area contributed by atoms with E-state index in [2.05, 4.69) is 20.2 Å². The number of nitrogens with zero attached hydrogens (tertiary/aromatic N) is 6. The molecule has 0 unspecified atom stereocenters. The zero-order valence-corrected chi connectivity index (χ0v) is 14.3. The molecule has 1 fully saturated rings. The van der Waals surface area contributed by atoms with Crippen molar-refractivity contribution in [3.63, 3.8) is 0 Å². The number of piperazine rings is 1. The fraction of sp³-hybridized carbons (Fsp3) is 0.500. The number of hydrogen-bond donors (Lipinski definition) is 0. The number of carbonyl (C=O) groups excluding carboxylic acids is 1. The first-order chi connectivity index (χ1) is 11.6. The van der Waals surface area contributed by atoms with Crippen LogP contribution in [0.25, 0.3) is 5.82 Å². The van der Waals surface area contributed by atoms with Crippen LogP contribution < -0.4 is 4.90 Å². The Morgan fingerprint density at radius 1 is 1.12 bits per heavy atom. The summed E-state index contributed by atoms with van der Waals surface area (Å²) in [5, 5.41) is 13.0. The molecule has 1 amide bonds. The second kappa shape index (κ2) is 6.96. The third kappa shape index (κ3) is 3.38. The van der Waals surface area contributed by atoms with Crippen LogP contribution >= 0.6 is 0 Å². The van der Waals surface area contributed by atoms with E-state index in [1.807, 2.05) is 36.9 Å². The molecule has 0 N–H and O–H groups in total. The summed E-state index contributed by atoms with van der Waals surface area (Å²) >= 11 is 0. The van der Waals surface area contributed by atoms with Gasteiger partial charge in [0.1, 0.15) is 6.61 Å². The van der Waals surface area contributed by atoms with Crippen molar-refractivity contribution in [3.8, 4) is 5.82 Å². The van der Waals surface area contributed by atoms with Crippen molar-refractivity contribution in [2.45, 2.75) is 13.8 Å². The molecule has 3 rings (SSSR count). The van der Waals surface area contributed by atoms with Crippen molar-refractivity contribution >= 4 is 11.7 Å². The van der Waals surface area contributed by atoms with Crippen LogP contribution in [0.5, 0.6) is 0 Å². The normalized spacial score (nSPS) is 15.0. The highest BCUT2D eigenvalue weighted by molar-refractivity contribution is 5.77. The molecular weight excluding hydrogens is 308 g/mol. The zero-order valence-electron chi connectivity index (χ0n) is 14.3. The Morgan fingerprint density at radius 2 is 1.79 bits per heavy atom. The summed E-state index contributed by atoms with van der Waals surface area (Å²) in [7, 11) is 1.54. The number of anilines is 1. The molecule has 24 heavy (non-hydrogen) atoms. The third-order valence-corrected chi connectivity index (χ3v) is 4.09. The van der Waals surface area contributed by atoms with Gasteiger partial charge >= 0.3 is 0 Å². The first-order valence-corrected chi connectivity index (χ1v) is 7.97. The highest BCUT2D eigenvalue weighted by Gasteiger charge is 2.22. The first-order valence-electron chi connectivity index (χ1n) is 7.97. The highest BCUT2D eigenvalue weighted by atomic mass is 16.5. The number of carbonyl (C=O) groups is 1. The molecule has 0 bridgehead atoms. The summed E-state index contributed by atoms with van der Waals surface area (Å²) < 4.78 is 6.68. The van der Waals surface area contributed by atoms with Gasteiger partial charge < -0.3 is 14.5 Å². The molecule has 1 aliphatic rings. The smallest absolute Gasteiger partial charge is 0.248 e. The number of methoxy groups -OCH3 is 1. The van der Waals surface area contributed by atoms with Crippen molar-refractivity contribution in [2.75, 3.05) is 44.8 Å². The van der Waals surface area contributed by atoms with Gasteiger partial charge in [0, 0.05) is 39.0 Å². The molecule has 0 aliphatic carbocycles. The Kier molecular flexibility index (Phi) is 4.75. The molecule has 3 heterocycles. The molecule has 1 aliphatic heterocycles. The molecule has 0 atom stereocenters. The van der Waals surface area contributed by atoms with Crippen LogP contribution in [0.1, 0.15) is 11.4 Å². The molecule has 8 nitrogen and oxygen atoms in total. The van der Waals surface area contributed by atoms with Crippen LogP contribution in [0.15, 0.2) is 18.2 Å². The Labute approximate surface area is 141 Å². The third-order valence-electron chi connectivity index (χ3n) is 4.09. The lowest BCUT2D eigenvalue weighted by molar-refractivity contribution is -0.135. The van der Waals surface area contributed by atoms with Crippen molar-refractivity contribution in [1.82, 2.24) is 24.9 Å². The predicted octanol–water partition coefficient (Wildman–Crippen LogP) is 0.574. The molecular formula is C16H22N6O2. The van der Waals surface area contributed by atoms with Crippen molar-refractivity contribution in [1.29, 1.82) is 0 Å². The van der Waals surface area contributed by atoms with Crippen molar-refractivity contribution < 1.29 is 9.53 Å². The quantitative estimate of drug-likeness (QED) is 0.816. The Hall–Kier alpha value is -2.48. The Balaban J connectivity index is 1.65. The van der Waals surface area contributed by atoms with Crippen molar-refractivity contribution in [2.24, 2.45) is 0 Å². The highest BCUT2D eigenvalue weighted by Crippen LogP contribution is 2.15. The minimum atomic E-state index is 0.0307. The average Bonchev–Trinajstić information content (AvgIpc) is 2.94. The van der Waals surface area contributed by atoms with Gasteiger partial charge in [-0.25, -0.2) is 4.68 Å². The molecule has 1 saturated heterocycles. The lowest BCUT2D eigenvalue weighted by atomic mass is 10.3. The van der Waals surface area contributed by atoms with Crippen LogP contribution in [0.4, 0.5) is 5.82 Å². The molecule has 8 heteroatoms. The SMILES string of the molecule is COCC(=O)N1CCN(c2ccc(-n3nc(C)cc3C)nn2)CC1. The summed E-state index contributed by atoms with van der Waals surface area (Å²) in [6.07, 6.45) is 0. The van der Waals surface area contributed by atoms with Crippen LogP contribution in [0.2, 0.25) is 0 Å². The van der Waals surface area contributed by atoms with Gasteiger partial charge in [0.2, 0.25) is 5.91 Å². The van der Waals surface area contributed by atoms with E-state index in [-0.39, 0.29) is 12.5 Å². The van der Waals surface area contributed by atoms with Gasteiger partial charge in [0.25, 0.3) is 0 Å². The first kappa shape index (κ1) is 16.4. The van der Waals surface area contributed by atoms with Crippen LogP contribution in [-0.4, -0.2) is 70.7 Å². The van der Waals surface area contributed by atoms with Gasteiger partial charge in [0.15, 0.2) is 11.6 Å². The molecule has 2 aromatic heterocycles. The summed E-state index contributed by atoms with van der Waals surface area (Å²) in [6, 6.07) is 5.88. The predicted molar refractivity (Wildman–Crippen MR) is 89.3 cm³/mol. The molecule has 0 radical (unpaired) electrons. The summed E-state index contributed by atoms with van der Waals surface area (Å²) in [5.41, 5.74) is 1.98. The van der Waals surface area contributed by atoms with E-state index in [0.29, 0.717) is 18.9 Å². The van der Waals surface area contributed by atoms with Gasteiger partial charge in [-0.2, -0.15) is 5.10 Å². The van der Waals surface area contributed by atoms with E-state index >= 15 is 0 Å². The number of ether oxygens (including phenoxy) is 1. The fourth-order valence-corrected chi connectivity index (χ4v) is 2.86. The molecule has 128 valence electrons. The minimum absolute atomic E-state index is 0.0307. The molecule has 2 aromatic rings. The van der Waals surface area contributed by atoms with Crippen LogP contribution in [0, 0.1) is 13.8 Å². The number of amides is 1. The van der Waals surface area contributed by atoms with E-state index in [0.717, 1.165) is 30.3 Å². The fourth-order valence-electron chi connectivity index (χ4n) is 2.86. The topological polar surface area (TPSA) is 76.4 Å². The number of aryl methyl sites for hydroxylation is 2. The number of aromatic nitrogens is 4. The monoisotopic (exact) mass is 330 g/mol. The standard InChI is InChI=1S/C16H22N6O2/c1-12-10-13(2)22(19-12)15-5-4-14(17-18-15)20-6-8-21(9-7-20)16(23)11-24-3/h4-5,10H,6-9,11H2,1-3H3. The van der Waals surface area contributed by atoms with Gasteiger partial charge in [0.05, 0.1) is 5.69 Å². The van der Waals surface area contributed by atoms with Gasteiger partial charge in [-0.1, -0.05) is 0 Å². The summed E-state index contributed by atoms with van der Waals surface area (Å²) in [6.45, 7) is 6.90. The lowest BCUT2D eigenvalue weighted by Gasteiger charge is -2.35. The minimum Gasteiger partial charge on any atom is -0.375 e. The number of hydrogen-bond acceptors (Lipinski definition) is 6. The molecule has 0 spiro atoms. The van der Waals surface area contributed by atoms with Crippen LogP contribution in [0.3, 0.4) is 0 Å². The van der Waals surface area contributed by atoms with Crippen LogP contribution in [-0.2, 0) is 9.53 Å². The summed E-state index contributed by atoms with van der Waals surface area (Å²) in [5.74, 6) is 1.56. The Bertz CT molecular complexity index is 704. The van der Waals surface area contributed by atoms with Gasteiger partial charge in [-0.15, -0.1) is 10.2 Å². The zero-order chi connectivity index (χ0) is 17.1. The average molecular weight is 330 g/mol. The van der Waals surface area contributed by atoms with Gasteiger partial charge in [-0.3, -0.25) is 4.79 Å². The van der Waals surface area contributed by atoms with Gasteiger partial charge in [-0.05, 0) is 32.0 Å². The van der Waals surface area contributed by atoms with Crippen molar-refractivity contribution in [3.05, 3.63) is 29.6 Å². The van der Waals surface area contributed by atoms with E-state index in [4.69, 9.17) is 4.74 Å². The maximum atomic E-state index is 11.8. The van der Waals surface area contributed by atoms with E-state index < -0.39 is 0 Å². The second-order valence-electron chi connectivity index (χ2n) is 5.89.